The standard InChI is InChI=1S/C24H25NO5/c1-16(2)20-11-7-8-17(3)23(20)25-22(26)15-29-24(27)21-13-12-19(30-21)14-28-18-9-5-4-6-10-18/h4-13,16H,14-15H2,1-3H3,(H,25,26). The van der Waals surface area contributed by atoms with E-state index in [1.807, 2.05) is 55.5 Å². The number of rotatable bonds is 8. The van der Waals surface area contributed by atoms with Crippen LogP contribution in [0.2, 0.25) is 0 Å². The largest absolute Gasteiger partial charge is 0.486 e. The summed E-state index contributed by atoms with van der Waals surface area (Å²) in [5.74, 6) is 0.350. The Morgan fingerprint density at radius 3 is 2.50 bits per heavy atom. The van der Waals surface area contributed by atoms with E-state index in [1.54, 1.807) is 6.07 Å². The third-order valence-corrected chi connectivity index (χ3v) is 4.51. The lowest BCUT2D eigenvalue weighted by atomic mass is 9.98. The van der Waals surface area contributed by atoms with Crippen LogP contribution in [0.15, 0.2) is 65.1 Å². The molecule has 0 bridgehead atoms. The number of carbonyl (C=O) groups is 2. The second-order valence-corrected chi connectivity index (χ2v) is 7.19. The molecule has 0 aliphatic rings. The molecule has 1 amide bonds. The highest BCUT2D eigenvalue weighted by Gasteiger charge is 2.17. The fourth-order valence-corrected chi connectivity index (χ4v) is 2.96. The minimum atomic E-state index is -0.704. The number of furan rings is 1. The Labute approximate surface area is 175 Å². The third kappa shape index (κ3) is 5.50. The predicted molar refractivity (Wildman–Crippen MR) is 114 cm³/mol. The van der Waals surface area contributed by atoms with Gasteiger partial charge in [-0.2, -0.15) is 0 Å². The quantitative estimate of drug-likeness (QED) is 0.527. The summed E-state index contributed by atoms with van der Waals surface area (Å²) in [7, 11) is 0. The van der Waals surface area contributed by atoms with Crippen LogP contribution in [0.1, 0.15) is 47.2 Å². The molecule has 3 rings (SSSR count). The third-order valence-electron chi connectivity index (χ3n) is 4.51. The summed E-state index contributed by atoms with van der Waals surface area (Å²) in [6, 6.07) is 18.3. The molecule has 2 aromatic carbocycles. The van der Waals surface area contributed by atoms with Crippen LogP contribution in [0.25, 0.3) is 0 Å². The molecule has 0 spiro atoms. The lowest BCUT2D eigenvalue weighted by Crippen LogP contribution is -2.22. The number of aryl methyl sites for hydroxylation is 1. The summed E-state index contributed by atoms with van der Waals surface area (Å²) in [6.07, 6.45) is 0. The first-order chi connectivity index (χ1) is 14.4. The number of nitrogens with one attached hydrogen (secondary N) is 1. The predicted octanol–water partition coefficient (Wildman–Crippen LogP) is 5.09. The van der Waals surface area contributed by atoms with Gasteiger partial charge in [0.1, 0.15) is 18.1 Å². The monoisotopic (exact) mass is 407 g/mol. The van der Waals surface area contributed by atoms with Gasteiger partial charge < -0.3 is 19.2 Å². The first kappa shape index (κ1) is 21.2. The van der Waals surface area contributed by atoms with E-state index in [0.29, 0.717) is 11.5 Å². The van der Waals surface area contributed by atoms with E-state index in [4.69, 9.17) is 13.9 Å². The van der Waals surface area contributed by atoms with Gasteiger partial charge in [-0.15, -0.1) is 0 Å². The molecule has 0 unspecified atom stereocenters. The van der Waals surface area contributed by atoms with Crippen molar-refractivity contribution in [2.24, 2.45) is 0 Å². The summed E-state index contributed by atoms with van der Waals surface area (Å²) < 4.78 is 16.1. The highest BCUT2D eigenvalue weighted by molar-refractivity contribution is 5.95. The molecule has 30 heavy (non-hydrogen) atoms. The first-order valence-electron chi connectivity index (χ1n) is 9.77. The lowest BCUT2D eigenvalue weighted by molar-refractivity contribution is -0.119. The van der Waals surface area contributed by atoms with Crippen molar-refractivity contribution in [3.63, 3.8) is 0 Å². The molecule has 156 valence electrons. The fourth-order valence-electron chi connectivity index (χ4n) is 2.96. The molecule has 3 aromatic rings. The molecule has 1 N–H and O–H groups in total. The van der Waals surface area contributed by atoms with Crippen molar-refractivity contribution in [1.82, 2.24) is 0 Å². The highest BCUT2D eigenvalue weighted by atomic mass is 16.6. The maximum absolute atomic E-state index is 12.3. The second kappa shape index (κ2) is 9.78. The molecular formula is C24H25NO5. The van der Waals surface area contributed by atoms with Gasteiger partial charge in [0.2, 0.25) is 5.76 Å². The molecule has 0 aliphatic heterocycles. The summed E-state index contributed by atoms with van der Waals surface area (Å²) in [4.78, 5) is 24.5. The molecule has 0 atom stereocenters. The van der Waals surface area contributed by atoms with Gasteiger partial charge >= 0.3 is 5.97 Å². The van der Waals surface area contributed by atoms with Gasteiger partial charge in [0.25, 0.3) is 5.91 Å². The zero-order valence-electron chi connectivity index (χ0n) is 17.3. The molecule has 0 radical (unpaired) electrons. The van der Waals surface area contributed by atoms with E-state index in [0.717, 1.165) is 16.8 Å². The van der Waals surface area contributed by atoms with Crippen molar-refractivity contribution in [3.8, 4) is 5.75 Å². The van der Waals surface area contributed by atoms with Crippen LogP contribution in [-0.4, -0.2) is 18.5 Å². The number of hydrogen-bond acceptors (Lipinski definition) is 5. The van der Waals surface area contributed by atoms with Gasteiger partial charge in [-0.1, -0.05) is 50.2 Å². The van der Waals surface area contributed by atoms with Crippen molar-refractivity contribution < 1.29 is 23.5 Å². The fraction of sp³-hybridized carbons (Fsp3) is 0.250. The zero-order valence-corrected chi connectivity index (χ0v) is 17.3. The van der Waals surface area contributed by atoms with Crippen molar-refractivity contribution >= 4 is 17.6 Å². The summed E-state index contributed by atoms with van der Waals surface area (Å²) >= 11 is 0. The normalized spacial score (nSPS) is 10.7. The minimum Gasteiger partial charge on any atom is -0.486 e. The summed E-state index contributed by atoms with van der Waals surface area (Å²) in [5.41, 5.74) is 2.74. The maximum Gasteiger partial charge on any atom is 0.374 e. The number of amides is 1. The zero-order chi connectivity index (χ0) is 21.5. The Morgan fingerprint density at radius 1 is 1.00 bits per heavy atom. The molecule has 0 aliphatic carbocycles. The number of anilines is 1. The van der Waals surface area contributed by atoms with Crippen LogP contribution in [0.5, 0.6) is 5.75 Å². The Kier molecular flexibility index (Phi) is 6.91. The van der Waals surface area contributed by atoms with Crippen LogP contribution in [0.3, 0.4) is 0 Å². The molecular weight excluding hydrogens is 382 g/mol. The highest BCUT2D eigenvalue weighted by Crippen LogP contribution is 2.27. The molecule has 6 nitrogen and oxygen atoms in total. The van der Waals surface area contributed by atoms with Crippen molar-refractivity contribution in [1.29, 1.82) is 0 Å². The molecule has 0 saturated heterocycles. The van der Waals surface area contributed by atoms with E-state index in [2.05, 4.69) is 19.2 Å². The number of hydrogen-bond donors (Lipinski definition) is 1. The first-order valence-corrected chi connectivity index (χ1v) is 9.77. The number of carbonyl (C=O) groups excluding carboxylic acids is 2. The average Bonchev–Trinajstić information content (AvgIpc) is 3.22. The maximum atomic E-state index is 12.3. The molecule has 1 aromatic heterocycles. The Bertz CT molecular complexity index is 1010. The van der Waals surface area contributed by atoms with Crippen molar-refractivity contribution in [2.45, 2.75) is 33.3 Å². The van der Waals surface area contributed by atoms with Crippen LogP contribution < -0.4 is 10.1 Å². The Hall–Kier alpha value is -3.54. The molecule has 6 heteroatoms. The van der Waals surface area contributed by atoms with Gasteiger partial charge in [-0.3, -0.25) is 4.79 Å². The Morgan fingerprint density at radius 2 is 1.77 bits per heavy atom. The smallest absolute Gasteiger partial charge is 0.374 e. The van der Waals surface area contributed by atoms with Gasteiger partial charge in [0.05, 0.1) is 0 Å². The van der Waals surface area contributed by atoms with Crippen LogP contribution in [-0.2, 0) is 16.1 Å². The van der Waals surface area contributed by atoms with E-state index < -0.39 is 18.5 Å². The second-order valence-electron chi connectivity index (χ2n) is 7.19. The lowest BCUT2D eigenvalue weighted by Gasteiger charge is -2.16. The van der Waals surface area contributed by atoms with E-state index in [-0.39, 0.29) is 18.3 Å². The van der Waals surface area contributed by atoms with Crippen molar-refractivity contribution in [3.05, 3.63) is 83.3 Å². The van der Waals surface area contributed by atoms with Crippen LogP contribution in [0, 0.1) is 6.92 Å². The minimum absolute atomic E-state index is 0.0215. The van der Waals surface area contributed by atoms with Crippen molar-refractivity contribution in [2.75, 3.05) is 11.9 Å². The van der Waals surface area contributed by atoms with Crippen LogP contribution in [0.4, 0.5) is 5.69 Å². The summed E-state index contributed by atoms with van der Waals surface area (Å²) in [6.45, 7) is 5.82. The van der Waals surface area contributed by atoms with Gasteiger partial charge in [-0.25, -0.2) is 4.79 Å². The van der Waals surface area contributed by atoms with E-state index in [1.165, 1.54) is 6.07 Å². The number of benzene rings is 2. The SMILES string of the molecule is Cc1cccc(C(C)C)c1NC(=O)COC(=O)c1ccc(COc2ccccc2)o1. The van der Waals surface area contributed by atoms with E-state index >= 15 is 0 Å². The number of para-hydroxylation sites is 2. The van der Waals surface area contributed by atoms with E-state index in [9.17, 15) is 9.59 Å². The number of ether oxygens (including phenoxy) is 2. The Balaban J connectivity index is 1.52. The van der Waals surface area contributed by atoms with Gasteiger partial charge in [0, 0.05) is 5.69 Å². The van der Waals surface area contributed by atoms with Crippen LogP contribution >= 0.6 is 0 Å². The topological polar surface area (TPSA) is 77.8 Å². The molecule has 0 saturated carbocycles. The molecule has 0 fully saturated rings. The number of esters is 1. The average molecular weight is 407 g/mol. The van der Waals surface area contributed by atoms with Gasteiger partial charge in [-0.05, 0) is 48.2 Å². The molecule has 1 heterocycles. The van der Waals surface area contributed by atoms with Gasteiger partial charge in [0.15, 0.2) is 6.61 Å². The summed E-state index contributed by atoms with van der Waals surface area (Å²) in [5, 5.41) is 2.84.